The number of hydrogen-bond donors (Lipinski definition) is 1. The zero-order valence-corrected chi connectivity index (χ0v) is 11.8. The maximum absolute atomic E-state index is 12.1. The molecule has 0 unspecified atom stereocenters. The SMILES string of the molecule is CCCCc1ccc(CC(=O)N2CC[C@@H](N)C2)cc1. The number of hydrogen-bond acceptors (Lipinski definition) is 2. The number of nitrogens with zero attached hydrogens (tertiary/aromatic N) is 1. The molecule has 3 nitrogen and oxygen atoms in total. The Morgan fingerprint density at radius 2 is 2.00 bits per heavy atom. The Hall–Kier alpha value is -1.35. The van der Waals surface area contributed by atoms with Crippen LogP contribution in [0.1, 0.15) is 37.3 Å². The smallest absolute Gasteiger partial charge is 0.227 e. The lowest BCUT2D eigenvalue weighted by molar-refractivity contribution is -0.129. The number of carbonyl (C=O) groups is 1. The summed E-state index contributed by atoms with van der Waals surface area (Å²) in [6.45, 7) is 3.73. The van der Waals surface area contributed by atoms with Gasteiger partial charge >= 0.3 is 0 Å². The Morgan fingerprint density at radius 3 is 2.58 bits per heavy atom. The van der Waals surface area contributed by atoms with E-state index in [0.29, 0.717) is 13.0 Å². The first-order chi connectivity index (χ1) is 9.19. The van der Waals surface area contributed by atoms with Crippen molar-refractivity contribution in [3.8, 4) is 0 Å². The summed E-state index contributed by atoms with van der Waals surface area (Å²) in [5.41, 5.74) is 8.29. The Labute approximate surface area is 115 Å². The summed E-state index contributed by atoms with van der Waals surface area (Å²) in [6.07, 6.45) is 5.01. The molecule has 0 radical (unpaired) electrons. The fourth-order valence-corrected chi connectivity index (χ4v) is 2.50. The van der Waals surface area contributed by atoms with Crippen molar-refractivity contribution in [2.45, 2.75) is 45.1 Å². The summed E-state index contributed by atoms with van der Waals surface area (Å²) in [6, 6.07) is 8.63. The van der Waals surface area contributed by atoms with Gasteiger partial charge in [-0.2, -0.15) is 0 Å². The molecule has 3 heteroatoms. The van der Waals surface area contributed by atoms with Gasteiger partial charge in [-0.15, -0.1) is 0 Å². The van der Waals surface area contributed by atoms with Crippen LogP contribution in [0.3, 0.4) is 0 Å². The van der Waals surface area contributed by atoms with Crippen molar-refractivity contribution in [1.29, 1.82) is 0 Å². The number of likely N-dealkylation sites (tertiary alicyclic amines) is 1. The highest BCUT2D eigenvalue weighted by molar-refractivity contribution is 5.79. The molecule has 2 N–H and O–H groups in total. The van der Waals surface area contributed by atoms with E-state index >= 15 is 0 Å². The standard InChI is InChI=1S/C16H24N2O/c1-2-3-4-13-5-7-14(8-6-13)11-16(19)18-10-9-15(17)12-18/h5-8,15H,2-4,9-12,17H2,1H3/t15-/m1/s1. The number of benzene rings is 1. The van der Waals surface area contributed by atoms with Crippen molar-refractivity contribution in [2.75, 3.05) is 13.1 Å². The van der Waals surface area contributed by atoms with Gasteiger partial charge in [-0.25, -0.2) is 0 Å². The molecule has 1 saturated heterocycles. The van der Waals surface area contributed by atoms with Crippen molar-refractivity contribution >= 4 is 5.91 Å². The minimum atomic E-state index is 0.167. The van der Waals surface area contributed by atoms with E-state index in [1.54, 1.807) is 0 Å². The van der Waals surface area contributed by atoms with E-state index in [4.69, 9.17) is 5.73 Å². The highest BCUT2D eigenvalue weighted by Crippen LogP contribution is 2.12. The zero-order chi connectivity index (χ0) is 13.7. The largest absolute Gasteiger partial charge is 0.341 e. The maximum atomic E-state index is 12.1. The second-order valence-corrected chi connectivity index (χ2v) is 5.49. The van der Waals surface area contributed by atoms with Crippen LogP contribution in [0.25, 0.3) is 0 Å². The van der Waals surface area contributed by atoms with E-state index in [0.717, 1.165) is 24.9 Å². The Bertz CT molecular complexity index is 413. The van der Waals surface area contributed by atoms with Crippen molar-refractivity contribution in [3.05, 3.63) is 35.4 Å². The molecule has 1 aromatic carbocycles. The van der Waals surface area contributed by atoms with Crippen LogP contribution >= 0.6 is 0 Å². The summed E-state index contributed by atoms with van der Waals surface area (Å²) in [5, 5.41) is 0. The van der Waals surface area contributed by atoms with Crippen LogP contribution in [0.5, 0.6) is 0 Å². The number of unbranched alkanes of at least 4 members (excludes halogenated alkanes) is 1. The van der Waals surface area contributed by atoms with Gasteiger partial charge < -0.3 is 10.6 Å². The number of aryl methyl sites for hydroxylation is 1. The summed E-state index contributed by atoms with van der Waals surface area (Å²) in [4.78, 5) is 14.0. The average Bonchev–Trinajstić information content (AvgIpc) is 2.85. The van der Waals surface area contributed by atoms with E-state index in [-0.39, 0.29) is 11.9 Å². The van der Waals surface area contributed by atoms with E-state index in [9.17, 15) is 4.79 Å². The molecule has 104 valence electrons. The molecule has 1 atom stereocenters. The number of amides is 1. The molecule has 1 amide bonds. The fraction of sp³-hybridized carbons (Fsp3) is 0.562. The van der Waals surface area contributed by atoms with Crippen molar-refractivity contribution in [2.24, 2.45) is 5.73 Å². The van der Waals surface area contributed by atoms with Gasteiger partial charge in [-0.3, -0.25) is 4.79 Å². The van der Waals surface area contributed by atoms with Gasteiger partial charge in [-0.05, 0) is 30.4 Å². The Balaban J connectivity index is 1.87. The van der Waals surface area contributed by atoms with Crippen LogP contribution in [-0.4, -0.2) is 29.9 Å². The van der Waals surface area contributed by atoms with Crippen molar-refractivity contribution in [3.63, 3.8) is 0 Å². The first-order valence-corrected chi connectivity index (χ1v) is 7.30. The molecule has 1 aromatic rings. The summed E-state index contributed by atoms with van der Waals surface area (Å²) in [5.74, 6) is 0.203. The third kappa shape index (κ3) is 4.06. The minimum Gasteiger partial charge on any atom is -0.341 e. The molecule has 0 spiro atoms. The second kappa shape index (κ2) is 6.71. The van der Waals surface area contributed by atoms with E-state index < -0.39 is 0 Å². The lowest BCUT2D eigenvalue weighted by Gasteiger charge is -2.15. The third-order valence-corrected chi connectivity index (χ3v) is 3.77. The summed E-state index contributed by atoms with van der Waals surface area (Å²) < 4.78 is 0. The Morgan fingerprint density at radius 1 is 1.32 bits per heavy atom. The van der Waals surface area contributed by atoms with E-state index in [1.165, 1.54) is 18.4 Å². The van der Waals surface area contributed by atoms with Crippen LogP contribution in [-0.2, 0) is 17.6 Å². The van der Waals surface area contributed by atoms with Gasteiger partial charge in [0.15, 0.2) is 0 Å². The molecule has 1 fully saturated rings. The van der Waals surface area contributed by atoms with Gasteiger partial charge in [0.1, 0.15) is 0 Å². The van der Waals surface area contributed by atoms with E-state index in [2.05, 4.69) is 31.2 Å². The predicted octanol–water partition coefficient (Wildman–Crippen LogP) is 2.13. The molecule has 0 bridgehead atoms. The number of carbonyl (C=O) groups excluding carboxylic acids is 1. The molecule has 2 rings (SSSR count). The lowest BCUT2D eigenvalue weighted by Crippen LogP contribution is -2.32. The molecule has 1 heterocycles. The molecule has 1 aliphatic rings. The van der Waals surface area contributed by atoms with Crippen LogP contribution in [0.4, 0.5) is 0 Å². The molecule has 0 aromatic heterocycles. The Kier molecular flexibility index (Phi) is 4.97. The summed E-state index contributed by atoms with van der Waals surface area (Å²) in [7, 11) is 0. The maximum Gasteiger partial charge on any atom is 0.227 e. The highest BCUT2D eigenvalue weighted by atomic mass is 16.2. The van der Waals surface area contributed by atoms with Crippen molar-refractivity contribution < 1.29 is 4.79 Å². The molecule has 0 saturated carbocycles. The van der Waals surface area contributed by atoms with Crippen LogP contribution in [0.2, 0.25) is 0 Å². The highest BCUT2D eigenvalue weighted by Gasteiger charge is 2.23. The predicted molar refractivity (Wildman–Crippen MR) is 77.9 cm³/mol. The molecule has 19 heavy (non-hydrogen) atoms. The van der Waals surface area contributed by atoms with Crippen LogP contribution < -0.4 is 5.73 Å². The first kappa shape index (κ1) is 14.1. The molecular formula is C16H24N2O. The first-order valence-electron chi connectivity index (χ1n) is 7.30. The van der Waals surface area contributed by atoms with Gasteiger partial charge in [-0.1, -0.05) is 37.6 Å². The third-order valence-electron chi connectivity index (χ3n) is 3.77. The van der Waals surface area contributed by atoms with Gasteiger partial charge in [0.05, 0.1) is 6.42 Å². The monoisotopic (exact) mass is 260 g/mol. The zero-order valence-electron chi connectivity index (χ0n) is 11.8. The normalized spacial score (nSPS) is 18.8. The van der Waals surface area contributed by atoms with Crippen molar-refractivity contribution in [1.82, 2.24) is 4.90 Å². The second-order valence-electron chi connectivity index (χ2n) is 5.49. The van der Waals surface area contributed by atoms with E-state index in [1.807, 2.05) is 4.90 Å². The van der Waals surface area contributed by atoms with Gasteiger partial charge in [0, 0.05) is 19.1 Å². The molecule has 1 aliphatic heterocycles. The minimum absolute atomic E-state index is 0.167. The average molecular weight is 260 g/mol. The topological polar surface area (TPSA) is 46.3 Å². The fourth-order valence-electron chi connectivity index (χ4n) is 2.50. The lowest BCUT2D eigenvalue weighted by atomic mass is 10.0. The molecule has 0 aliphatic carbocycles. The summed E-state index contributed by atoms with van der Waals surface area (Å²) >= 11 is 0. The number of rotatable bonds is 5. The van der Waals surface area contributed by atoms with Crippen LogP contribution in [0.15, 0.2) is 24.3 Å². The number of nitrogens with two attached hydrogens (primary N) is 1. The van der Waals surface area contributed by atoms with Crippen LogP contribution in [0, 0.1) is 0 Å². The molecular weight excluding hydrogens is 236 g/mol. The van der Waals surface area contributed by atoms with Gasteiger partial charge in [0.2, 0.25) is 5.91 Å². The van der Waals surface area contributed by atoms with Gasteiger partial charge in [0.25, 0.3) is 0 Å². The quantitative estimate of drug-likeness (QED) is 0.881.